The van der Waals surface area contributed by atoms with Crippen molar-refractivity contribution in [3.8, 4) is 0 Å². The quantitative estimate of drug-likeness (QED) is 0.279. The number of quaternary nitrogens is 1. The summed E-state index contributed by atoms with van der Waals surface area (Å²) in [6.45, 7) is 14.2. The van der Waals surface area contributed by atoms with Gasteiger partial charge in [0.2, 0.25) is 19.6 Å². The van der Waals surface area contributed by atoms with E-state index >= 15 is 0 Å². The smallest absolute Gasteiger partial charge is 0.204 e. The Morgan fingerprint density at radius 3 is 0.808 bits per heavy atom. The minimum absolute atomic E-state index is 0. The summed E-state index contributed by atoms with van der Waals surface area (Å²) in [5, 5.41) is 0. The van der Waals surface area contributed by atoms with Crippen molar-refractivity contribution < 1.29 is 4.48 Å². The molecule has 1 nitrogen and oxygen atoms in total. The number of hydrogen-bond acceptors (Lipinski definition) is 0. The second-order valence-electron chi connectivity index (χ2n) is 5.70. The molecule has 0 heterocycles. The zero-order valence-corrected chi connectivity index (χ0v) is 25.0. The third-order valence-corrected chi connectivity index (χ3v) is 6.78. The Kier molecular flexibility index (Phi) is 18.5. The number of hydrogen-bond donors (Lipinski definition) is 0. The van der Waals surface area contributed by atoms with Crippen molar-refractivity contribution in [2.75, 3.05) is 26.2 Å². The van der Waals surface area contributed by atoms with E-state index in [9.17, 15) is 0 Å². The van der Waals surface area contributed by atoms with E-state index in [1.54, 1.807) is 0 Å². The molecule has 2 aromatic rings. The van der Waals surface area contributed by atoms with Crippen LogP contribution in [0.2, 0.25) is 0 Å². The minimum Gasteiger partial charge on any atom is -0.325 e. The second kappa shape index (κ2) is 16.7. The van der Waals surface area contributed by atoms with Gasteiger partial charge in [0.1, 0.15) is 0 Å². The standard InChI is InChI=1S/C8H20N.2C6H6S2.Tl/c1-5-9(6-2,7-3)8-4;2*7-5-3-1-2-4-6(5)8;/h5-8H2,1-4H3;2*1-4,7-8H;/q+1;;;/p+4. The van der Waals surface area contributed by atoms with Crippen LogP contribution in [-0.2, 0) is 50.5 Å². The normalized spacial score (nSPS) is 9.85. The molecule has 2 rings (SSSR count). The molecule has 0 atom stereocenters. The molecule has 0 N–H and O–H groups in total. The van der Waals surface area contributed by atoms with Crippen molar-refractivity contribution >= 4 is 77.8 Å². The van der Waals surface area contributed by atoms with Crippen molar-refractivity contribution in [3.05, 3.63) is 48.5 Å². The van der Waals surface area contributed by atoms with Gasteiger partial charge in [-0.2, -0.15) is 0 Å². The average Bonchev–Trinajstić information content (AvgIpc) is 2.64. The molecule has 0 fully saturated rings. The first-order valence-corrected chi connectivity index (χ1v) is 10.7. The summed E-state index contributed by atoms with van der Waals surface area (Å²) in [6, 6.07) is 15.9. The van der Waals surface area contributed by atoms with Crippen LogP contribution < -0.4 is 0 Å². The fraction of sp³-hybridized carbons (Fsp3) is 0.400. The molecule has 2 aromatic carbocycles. The van der Waals surface area contributed by atoms with Crippen molar-refractivity contribution in [2.24, 2.45) is 0 Å². The van der Waals surface area contributed by atoms with Crippen molar-refractivity contribution in [1.82, 2.24) is 0 Å². The van der Waals surface area contributed by atoms with Gasteiger partial charge in [0.25, 0.3) is 0 Å². The third-order valence-electron chi connectivity index (χ3n) is 4.54. The Balaban J connectivity index is 0. The number of benzene rings is 2. The monoisotopic (exact) mass is 623 g/mol. The molecule has 6 heteroatoms. The molecule has 26 heavy (non-hydrogen) atoms. The summed E-state index contributed by atoms with van der Waals surface area (Å²) in [7, 11) is 0. The van der Waals surface area contributed by atoms with Crippen LogP contribution in [0.5, 0.6) is 0 Å². The summed E-state index contributed by atoms with van der Waals surface area (Å²) >= 11 is 13.6. The van der Waals surface area contributed by atoms with Crippen LogP contribution in [0.1, 0.15) is 27.7 Å². The van der Waals surface area contributed by atoms with Crippen molar-refractivity contribution in [3.63, 3.8) is 0 Å². The van der Waals surface area contributed by atoms with Gasteiger partial charge in [0.05, 0.1) is 26.2 Å². The molecule has 143 valence electrons. The molecule has 0 aromatic heterocycles. The van der Waals surface area contributed by atoms with Gasteiger partial charge in [-0.15, -0.1) is 0 Å². The van der Waals surface area contributed by atoms with E-state index in [1.165, 1.54) is 30.7 Å². The van der Waals surface area contributed by atoms with Gasteiger partial charge in [-0.25, -0.2) is 0 Å². The van der Waals surface area contributed by atoms with Crippen LogP contribution in [0.4, 0.5) is 0 Å². The van der Waals surface area contributed by atoms with Crippen LogP contribution in [0.25, 0.3) is 0 Å². The van der Waals surface area contributed by atoms with E-state index < -0.39 is 0 Å². The Labute approximate surface area is 202 Å². The molecule has 0 aliphatic rings. The van der Waals surface area contributed by atoms with E-state index in [1.807, 2.05) is 48.5 Å². The predicted molar refractivity (Wildman–Crippen MR) is 135 cm³/mol. The Morgan fingerprint density at radius 1 is 0.538 bits per heavy atom. The largest absolute Gasteiger partial charge is 0.325 e. The Morgan fingerprint density at radius 2 is 0.731 bits per heavy atom. The van der Waals surface area contributed by atoms with Gasteiger partial charge >= 0.3 is 0 Å². The fourth-order valence-electron chi connectivity index (χ4n) is 2.31. The fourth-order valence-corrected chi connectivity index (χ4v) is 3.03. The van der Waals surface area contributed by atoms with E-state index in [0.29, 0.717) is 0 Å². The molecule has 0 saturated heterocycles. The van der Waals surface area contributed by atoms with Gasteiger partial charge < -0.3 is 4.48 Å². The molecular weight excluding hydrogens is 587 g/mol. The summed E-state index contributed by atoms with van der Waals surface area (Å²) in [5.74, 6) is 0. The molecule has 0 bridgehead atoms. The van der Waals surface area contributed by atoms with Gasteiger partial charge in [-0.3, -0.25) is 0 Å². The van der Waals surface area contributed by atoms with Gasteiger partial charge in [0.15, 0.2) is 0 Å². The molecule has 1 radical (unpaired) electrons. The van der Waals surface area contributed by atoms with E-state index in [-0.39, 0.29) is 27.3 Å². The number of nitrogens with zero attached hydrogens (tertiary/aromatic N) is 1. The SMILES string of the molecule is CC[N+](CC)(CC)CC.[SH2+]c1ccccc1[SH2+].[SH2+]c1ccccc1[SH2+].[Tl]. The van der Waals surface area contributed by atoms with Crippen LogP contribution >= 0.6 is 0 Å². The first-order valence-electron chi connectivity index (χ1n) is 8.75. The Bertz CT molecular complexity index is 501. The average molecular weight is 623 g/mol. The zero-order valence-electron chi connectivity index (χ0n) is 16.5. The van der Waals surface area contributed by atoms with Crippen molar-refractivity contribution in [2.45, 2.75) is 47.3 Å². The molecule has 0 aliphatic heterocycles. The van der Waals surface area contributed by atoms with Gasteiger partial charge in [0, 0.05) is 27.3 Å². The zero-order chi connectivity index (χ0) is 19.3. The Hall–Kier alpha value is 0.722. The molecule has 0 spiro atoms. The molecule has 0 amide bonds. The van der Waals surface area contributed by atoms with Crippen LogP contribution in [-0.4, -0.2) is 58.0 Å². The first kappa shape index (κ1) is 28.9. The van der Waals surface area contributed by atoms with E-state index in [0.717, 1.165) is 19.6 Å². The van der Waals surface area contributed by atoms with Crippen molar-refractivity contribution in [1.29, 1.82) is 0 Å². The van der Waals surface area contributed by atoms with E-state index in [2.05, 4.69) is 78.2 Å². The summed E-state index contributed by atoms with van der Waals surface area (Å²) in [4.78, 5) is 4.35. The summed E-state index contributed by atoms with van der Waals surface area (Å²) in [6.07, 6.45) is 0. The van der Waals surface area contributed by atoms with Crippen LogP contribution in [0.3, 0.4) is 0 Å². The maximum absolute atomic E-state index is 3.39. The van der Waals surface area contributed by atoms with Crippen LogP contribution in [0, 0.1) is 0 Å². The summed E-state index contributed by atoms with van der Waals surface area (Å²) in [5.41, 5.74) is 0. The second-order valence-corrected chi connectivity index (χ2v) is 7.85. The minimum atomic E-state index is 0. The maximum atomic E-state index is 3.39. The van der Waals surface area contributed by atoms with Gasteiger partial charge in [-0.05, 0) is 102 Å². The molecule has 0 saturated carbocycles. The molecule has 0 aliphatic carbocycles. The van der Waals surface area contributed by atoms with Gasteiger partial charge in [-0.1, -0.05) is 24.3 Å². The van der Waals surface area contributed by atoms with E-state index in [4.69, 9.17) is 0 Å². The maximum Gasteiger partial charge on any atom is 0.204 e. The topological polar surface area (TPSA) is 0 Å². The first-order chi connectivity index (χ1) is 11.9. The molecule has 0 unspecified atom stereocenters. The third kappa shape index (κ3) is 11.5. The molecular formula is C20H36NS4Tl+5. The van der Waals surface area contributed by atoms with Crippen LogP contribution in [0.15, 0.2) is 68.1 Å². The number of rotatable bonds is 4. The summed E-state index contributed by atoms with van der Waals surface area (Å²) < 4.78 is 1.28. The predicted octanol–water partition coefficient (Wildman–Crippen LogP) is 2.36.